The quantitative estimate of drug-likeness (QED) is 0.895. The summed E-state index contributed by atoms with van der Waals surface area (Å²) >= 11 is 3.34. The lowest BCUT2D eigenvalue weighted by atomic mass is 9.98. The van der Waals surface area contributed by atoms with Crippen LogP contribution in [0.5, 0.6) is 5.75 Å². The predicted octanol–water partition coefficient (Wildman–Crippen LogP) is 4.42. The molecule has 1 atom stereocenters. The molecule has 2 aromatic rings. The van der Waals surface area contributed by atoms with Gasteiger partial charge in [-0.15, -0.1) is 0 Å². The van der Waals surface area contributed by atoms with Crippen molar-refractivity contribution in [2.45, 2.75) is 26.0 Å². The Morgan fingerprint density at radius 3 is 2.50 bits per heavy atom. The van der Waals surface area contributed by atoms with Gasteiger partial charge in [-0.25, -0.2) is 4.39 Å². The van der Waals surface area contributed by atoms with E-state index in [9.17, 15) is 4.39 Å². The first-order valence-corrected chi connectivity index (χ1v) is 7.24. The van der Waals surface area contributed by atoms with Gasteiger partial charge < -0.3 is 10.5 Å². The van der Waals surface area contributed by atoms with Crippen LogP contribution in [0.15, 0.2) is 46.9 Å². The molecule has 0 bridgehead atoms. The summed E-state index contributed by atoms with van der Waals surface area (Å²) in [4.78, 5) is 0. The Balaban J connectivity index is 2.42. The first kappa shape index (κ1) is 15.0. The number of halogens is 2. The van der Waals surface area contributed by atoms with Gasteiger partial charge in [0.15, 0.2) is 0 Å². The molecule has 2 aromatic carbocycles. The Hall–Kier alpha value is -1.39. The van der Waals surface area contributed by atoms with Crippen LogP contribution in [0, 0.1) is 5.82 Å². The van der Waals surface area contributed by atoms with E-state index in [0.29, 0.717) is 11.3 Å². The minimum absolute atomic E-state index is 0.0377. The van der Waals surface area contributed by atoms with Crippen molar-refractivity contribution in [1.82, 2.24) is 0 Å². The predicted molar refractivity (Wildman–Crippen MR) is 82.3 cm³/mol. The van der Waals surface area contributed by atoms with Crippen LogP contribution in [0.2, 0.25) is 0 Å². The third-order valence-electron chi connectivity index (χ3n) is 2.91. The fraction of sp³-hybridized carbons (Fsp3) is 0.250. The number of para-hydroxylation sites is 1. The summed E-state index contributed by atoms with van der Waals surface area (Å²) < 4.78 is 20.5. The van der Waals surface area contributed by atoms with E-state index in [1.165, 1.54) is 6.07 Å². The summed E-state index contributed by atoms with van der Waals surface area (Å²) in [6, 6.07) is 11.7. The fourth-order valence-electron chi connectivity index (χ4n) is 2.02. The van der Waals surface area contributed by atoms with Crippen LogP contribution in [0.1, 0.15) is 31.0 Å². The highest BCUT2D eigenvalue weighted by atomic mass is 79.9. The lowest BCUT2D eigenvalue weighted by Crippen LogP contribution is -2.16. The van der Waals surface area contributed by atoms with Crippen molar-refractivity contribution < 1.29 is 9.13 Å². The smallest absolute Gasteiger partial charge is 0.128 e. The lowest BCUT2D eigenvalue weighted by Gasteiger charge is -2.19. The molecule has 0 heterocycles. The van der Waals surface area contributed by atoms with Gasteiger partial charge in [0.25, 0.3) is 0 Å². The van der Waals surface area contributed by atoms with Crippen LogP contribution in [0.25, 0.3) is 0 Å². The number of rotatable bonds is 4. The molecule has 2 N–H and O–H groups in total. The molecule has 0 saturated heterocycles. The highest BCUT2D eigenvalue weighted by molar-refractivity contribution is 9.10. The van der Waals surface area contributed by atoms with E-state index in [0.717, 1.165) is 10.0 Å². The second kappa shape index (κ2) is 6.37. The van der Waals surface area contributed by atoms with E-state index in [1.54, 1.807) is 12.1 Å². The second-order valence-corrected chi connectivity index (χ2v) is 5.76. The van der Waals surface area contributed by atoms with Crippen molar-refractivity contribution in [3.63, 3.8) is 0 Å². The molecule has 0 radical (unpaired) electrons. The maximum absolute atomic E-state index is 14.0. The van der Waals surface area contributed by atoms with Crippen molar-refractivity contribution in [3.8, 4) is 5.75 Å². The van der Waals surface area contributed by atoms with E-state index in [1.807, 2.05) is 38.1 Å². The average Bonchev–Trinajstić information content (AvgIpc) is 2.41. The van der Waals surface area contributed by atoms with Crippen molar-refractivity contribution in [2.75, 3.05) is 0 Å². The average molecular weight is 338 g/mol. The zero-order chi connectivity index (χ0) is 14.7. The molecule has 0 amide bonds. The van der Waals surface area contributed by atoms with Gasteiger partial charge in [0.2, 0.25) is 0 Å². The van der Waals surface area contributed by atoms with Crippen molar-refractivity contribution >= 4 is 15.9 Å². The molecule has 4 heteroatoms. The van der Waals surface area contributed by atoms with E-state index < -0.39 is 6.04 Å². The number of hydrogen-bond donors (Lipinski definition) is 1. The third-order valence-corrected chi connectivity index (χ3v) is 3.40. The Morgan fingerprint density at radius 2 is 1.80 bits per heavy atom. The van der Waals surface area contributed by atoms with Crippen LogP contribution in [0.3, 0.4) is 0 Å². The molecule has 2 nitrogen and oxygen atoms in total. The maximum Gasteiger partial charge on any atom is 0.128 e. The Bertz CT molecular complexity index is 601. The van der Waals surface area contributed by atoms with Crippen LogP contribution >= 0.6 is 15.9 Å². The van der Waals surface area contributed by atoms with Crippen LogP contribution in [-0.2, 0) is 0 Å². The largest absolute Gasteiger partial charge is 0.491 e. The van der Waals surface area contributed by atoms with Crippen molar-refractivity contribution in [2.24, 2.45) is 5.73 Å². The molecule has 1 unspecified atom stereocenters. The molecular weight excluding hydrogens is 321 g/mol. The van der Waals surface area contributed by atoms with Gasteiger partial charge in [-0.05, 0) is 38.1 Å². The fourth-order valence-corrected chi connectivity index (χ4v) is 2.40. The number of nitrogens with two attached hydrogens (primary N) is 1. The zero-order valence-electron chi connectivity index (χ0n) is 11.4. The summed E-state index contributed by atoms with van der Waals surface area (Å²) in [5, 5.41) is 0. The summed E-state index contributed by atoms with van der Waals surface area (Å²) in [5.41, 5.74) is 7.44. The van der Waals surface area contributed by atoms with Gasteiger partial charge in [0.05, 0.1) is 12.1 Å². The monoisotopic (exact) mass is 337 g/mol. The molecule has 0 aliphatic carbocycles. The Kier molecular flexibility index (Phi) is 4.78. The first-order chi connectivity index (χ1) is 9.49. The molecule has 2 rings (SSSR count). The topological polar surface area (TPSA) is 35.2 Å². The Labute approximate surface area is 126 Å². The molecule has 0 aliphatic heterocycles. The van der Waals surface area contributed by atoms with Gasteiger partial charge in [-0.2, -0.15) is 0 Å². The standard InChI is InChI=1S/C16H17BrFNO/c1-10(2)20-15-6-4-3-5-12(15)16(19)13-9-11(17)7-8-14(13)18/h3-10,16H,19H2,1-2H3. The van der Waals surface area contributed by atoms with Gasteiger partial charge >= 0.3 is 0 Å². The van der Waals surface area contributed by atoms with Gasteiger partial charge in [-0.1, -0.05) is 34.1 Å². The van der Waals surface area contributed by atoms with Crippen molar-refractivity contribution in [1.29, 1.82) is 0 Å². The minimum atomic E-state index is -0.567. The first-order valence-electron chi connectivity index (χ1n) is 6.45. The van der Waals surface area contributed by atoms with E-state index in [2.05, 4.69) is 15.9 Å². The van der Waals surface area contributed by atoms with Crippen molar-refractivity contribution in [3.05, 3.63) is 63.9 Å². The molecule has 0 aromatic heterocycles. The molecular formula is C16H17BrFNO. The minimum Gasteiger partial charge on any atom is -0.491 e. The van der Waals surface area contributed by atoms with Crippen LogP contribution < -0.4 is 10.5 Å². The van der Waals surface area contributed by atoms with E-state index in [4.69, 9.17) is 10.5 Å². The van der Waals surface area contributed by atoms with Crippen LogP contribution in [0.4, 0.5) is 4.39 Å². The lowest BCUT2D eigenvalue weighted by molar-refractivity contribution is 0.239. The van der Waals surface area contributed by atoms with E-state index >= 15 is 0 Å². The normalized spacial score (nSPS) is 12.5. The highest BCUT2D eigenvalue weighted by Gasteiger charge is 2.18. The highest BCUT2D eigenvalue weighted by Crippen LogP contribution is 2.31. The SMILES string of the molecule is CC(C)Oc1ccccc1C(N)c1cc(Br)ccc1F. The van der Waals surface area contributed by atoms with Crippen LogP contribution in [-0.4, -0.2) is 6.10 Å². The molecule has 0 aliphatic rings. The summed E-state index contributed by atoms with van der Waals surface area (Å²) in [5.74, 6) is 0.370. The summed E-state index contributed by atoms with van der Waals surface area (Å²) in [6.07, 6.45) is 0.0377. The summed E-state index contributed by atoms with van der Waals surface area (Å²) in [6.45, 7) is 3.89. The summed E-state index contributed by atoms with van der Waals surface area (Å²) in [7, 11) is 0. The third kappa shape index (κ3) is 3.38. The number of benzene rings is 2. The van der Waals surface area contributed by atoms with Gasteiger partial charge in [-0.3, -0.25) is 0 Å². The second-order valence-electron chi connectivity index (χ2n) is 4.85. The van der Waals surface area contributed by atoms with Gasteiger partial charge in [0, 0.05) is 15.6 Å². The zero-order valence-corrected chi connectivity index (χ0v) is 13.0. The molecule has 106 valence electrons. The number of hydrogen-bond acceptors (Lipinski definition) is 2. The number of ether oxygens (including phenoxy) is 1. The van der Waals surface area contributed by atoms with E-state index in [-0.39, 0.29) is 11.9 Å². The molecule has 0 saturated carbocycles. The van der Waals surface area contributed by atoms with Gasteiger partial charge in [0.1, 0.15) is 11.6 Å². The molecule has 0 fully saturated rings. The maximum atomic E-state index is 14.0. The molecule has 20 heavy (non-hydrogen) atoms. The Morgan fingerprint density at radius 1 is 1.10 bits per heavy atom. The molecule has 0 spiro atoms.